The molecule has 0 unspecified atom stereocenters. The maximum absolute atomic E-state index is 13.5. The first kappa shape index (κ1) is 26.6. The molecule has 0 spiro atoms. The van der Waals surface area contributed by atoms with Gasteiger partial charge in [-0.05, 0) is 44.7 Å². The molecule has 0 radical (unpaired) electrons. The normalized spacial score (nSPS) is 18.0. The molecule has 0 N–H and O–H groups in total. The molecule has 194 valence electrons. The van der Waals surface area contributed by atoms with Crippen molar-refractivity contribution < 1.29 is 14.3 Å². The first-order chi connectivity index (χ1) is 17.8. The van der Waals surface area contributed by atoms with Gasteiger partial charge in [0.05, 0.1) is 6.04 Å². The van der Waals surface area contributed by atoms with Crippen LogP contribution in [0.4, 0.5) is 4.79 Å². The van der Waals surface area contributed by atoms with Crippen LogP contribution in [0.5, 0.6) is 0 Å². The fourth-order valence-corrected chi connectivity index (χ4v) is 5.11. The molecule has 1 aliphatic rings. The molecule has 1 amide bonds. The highest BCUT2D eigenvalue weighted by atomic mass is 16.6. The minimum Gasteiger partial charge on any atom is -0.444 e. The van der Waals surface area contributed by atoms with Crippen LogP contribution in [0.1, 0.15) is 61.5 Å². The van der Waals surface area contributed by atoms with Gasteiger partial charge in [0, 0.05) is 37.7 Å². The van der Waals surface area contributed by atoms with E-state index in [1.54, 1.807) is 0 Å². The number of carbonyl (C=O) groups is 2. The third kappa shape index (κ3) is 7.53. The van der Waals surface area contributed by atoms with Gasteiger partial charge in [-0.3, -0.25) is 9.69 Å². The number of ketones is 1. The van der Waals surface area contributed by atoms with Crippen LogP contribution in [-0.4, -0.2) is 45.9 Å². The number of likely N-dealkylation sites (tertiary alicyclic amines) is 1. The summed E-state index contributed by atoms with van der Waals surface area (Å²) in [6.07, 6.45) is 1.68. The third-order valence-electron chi connectivity index (χ3n) is 6.79. The van der Waals surface area contributed by atoms with Crippen molar-refractivity contribution in [1.29, 1.82) is 0 Å². The lowest BCUT2D eigenvalue weighted by Crippen LogP contribution is -2.58. The molecule has 5 heteroatoms. The first-order valence-electron chi connectivity index (χ1n) is 13.2. The van der Waals surface area contributed by atoms with Crippen molar-refractivity contribution in [2.45, 2.75) is 70.8 Å². The second kappa shape index (κ2) is 12.2. The molecular formula is C32H38N2O3. The Morgan fingerprint density at radius 3 is 1.86 bits per heavy atom. The molecule has 0 aliphatic carbocycles. The summed E-state index contributed by atoms with van der Waals surface area (Å²) >= 11 is 0. The number of piperidine rings is 1. The number of amides is 1. The van der Waals surface area contributed by atoms with Gasteiger partial charge in [0.25, 0.3) is 0 Å². The lowest BCUT2D eigenvalue weighted by atomic mass is 9.89. The van der Waals surface area contributed by atoms with Gasteiger partial charge >= 0.3 is 6.09 Å². The van der Waals surface area contributed by atoms with Crippen LogP contribution in [0.2, 0.25) is 0 Å². The quantitative estimate of drug-likeness (QED) is 0.323. The van der Waals surface area contributed by atoms with Crippen LogP contribution in [-0.2, 0) is 17.8 Å². The zero-order valence-electron chi connectivity index (χ0n) is 22.2. The summed E-state index contributed by atoms with van der Waals surface area (Å²) in [5.41, 5.74) is 2.49. The summed E-state index contributed by atoms with van der Waals surface area (Å²) in [6.45, 7) is 7.70. The van der Waals surface area contributed by atoms with E-state index >= 15 is 0 Å². The van der Waals surface area contributed by atoms with Gasteiger partial charge in [0.2, 0.25) is 0 Å². The fourth-order valence-electron chi connectivity index (χ4n) is 5.11. The van der Waals surface area contributed by atoms with Crippen LogP contribution in [0.3, 0.4) is 0 Å². The molecule has 0 aromatic heterocycles. The molecule has 37 heavy (non-hydrogen) atoms. The number of ether oxygens (including phenoxy) is 1. The van der Waals surface area contributed by atoms with E-state index < -0.39 is 5.60 Å². The number of hydrogen-bond acceptors (Lipinski definition) is 4. The van der Waals surface area contributed by atoms with E-state index in [4.69, 9.17) is 4.74 Å². The van der Waals surface area contributed by atoms with Crippen molar-refractivity contribution >= 4 is 11.9 Å². The summed E-state index contributed by atoms with van der Waals surface area (Å²) in [5.74, 6) is 0.0467. The smallest absolute Gasteiger partial charge is 0.410 e. The molecule has 1 fully saturated rings. The highest BCUT2D eigenvalue weighted by molar-refractivity contribution is 5.96. The maximum Gasteiger partial charge on any atom is 0.410 e. The number of nitrogens with zero attached hydrogens (tertiary/aromatic N) is 2. The predicted octanol–water partition coefficient (Wildman–Crippen LogP) is 6.73. The molecule has 0 bridgehead atoms. The molecule has 3 aromatic carbocycles. The standard InChI is InChI=1S/C32H38N2O3/c1-32(2,3)37-31(36)34-21-13-20-28(29(34)22-30(35)27-18-11-6-12-19-27)33(23-25-14-7-4-8-15-25)24-26-16-9-5-10-17-26/h4-12,14-19,28-29H,13,20-24H2,1-3H3/t28-,29-/m0/s1. The van der Waals surface area contributed by atoms with Crippen LogP contribution >= 0.6 is 0 Å². The summed E-state index contributed by atoms with van der Waals surface area (Å²) < 4.78 is 5.82. The minimum atomic E-state index is -0.605. The minimum absolute atomic E-state index is 0.00865. The average molecular weight is 499 g/mol. The number of hydrogen-bond donors (Lipinski definition) is 0. The van der Waals surface area contributed by atoms with E-state index in [0.717, 1.165) is 25.9 Å². The topological polar surface area (TPSA) is 49.9 Å². The molecule has 3 aromatic rings. The van der Waals surface area contributed by atoms with E-state index in [1.165, 1.54) is 11.1 Å². The summed E-state index contributed by atoms with van der Waals surface area (Å²) in [6, 6.07) is 29.9. The van der Waals surface area contributed by atoms with Crippen molar-refractivity contribution in [1.82, 2.24) is 9.80 Å². The largest absolute Gasteiger partial charge is 0.444 e. The zero-order valence-corrected chi connectivity index (χ0v) is 22.2. The molecule has 0 saturated carbocycles. The van der Waals surface area contributed by atoms with Crippen molar-refractivity contribution in [3.05, 3.63) is 108 Å². The van der Waals surface area contributed by atoms with Gasteiger partial charge in [-0.2, -0.15) is 0 Å². The Bertz CT molecular complexity index is 1100. The van der Waals surface area contributed by atoms with Crippen LogP contribution in [0.15, 0.2) is 91.0 Å². The van der Waals surface area contributed by atoms with E-state index in [-0.39, 0.29) is 30.4 Å². The highest BCUT2D eigenvalue weighted by Crippen LogP contribution is 2.30. The Balaban J connectivity index is 1.68. The third-order valence-corrected chi connectivity index (χ3v) is 6.79. The van der Waals surface area contributed by atoms with Crippen LogP contribution in [0, 0.1) is 0 Å². The molecule has 1 aliphatic heterocycles. The Morgan fingerprint density at radius 2 is 1.35 bits per heavy atom. The number of Topliss-reactive ketones (excluding diaryl/α,β-unsaturated/α-hetero) is 1. The van der Waals surface area contributed by atoms with Gasteiger partial charge in [-0.15, -0.1) is 0 Å². The monoisotopic (exact) mass is 498 g/mol. The van der Waals surface area contributed by atoms with Gasteiger partial charge < -0.3 is 9.64 Å². The van der Waals surface area contributed by atoms with Gasteiger partial charge in [-0.1, -0.05) is 91.0 Å². The molecule has 2 atom stereocenters. The second-order valence-electron chi connectivity index (χ2n) is 10.8. The molecule has 1 heterocycles. The molecule has 1 saturated heterocycles. The predicted molar refractivity (Wildman–Crippen MR) is 147 cm³/mol. The summed E-state index contributed by atoms with van der Waals surface area (Å²) in [5, 5.41) is 0. The Morgan fingerprint density at radius 1 is 0.838 bits per heavy atom. The van der Waals surface area contributed by atoms with Crippen molar-refractivity contribution in [3.8, 4) is 0 Å². The average Bonchev–Trinajstić information content (AvgIpc) is 2.89. The van der Waals surface area contributed by atoms with Gasteiger partial charge in [0.1, 0.15) is 5.60 Å². The van der Waals surface area contributed by atoms with E-state index in [0.29, 0.717) is 12.1 Å². The summed E-state index contributed by atoms with van der Waals surface area (Å²) in [4.78, 5) is 31.1. The van der Waals surface area contributed by atoms with Crippen molar-refractivity contribution in [2.75, 3.05) is 6.54 Å². The zero-order chi connectivity index (χ0) is 26.3. The Kier molecular flexibility index (Phi) is 8.78. The number of benzene rings is 3. The summed E-state index contributed by atoms with van der Waals surface area (Å²) in [7, 11) is 0. The van der Waals surface area contributed by atoms with Gasteiger partial charge in [0.15, 0.2) is 5.78 Å². The van der Waals surface area contributed by atoms with Crippen molar-refractivity contribution in [3.63, 3.8) is 0 Å². The molecule has 4 rings (SSSR count). The fraction of sp³-hybridized carbons (Fsp3) is 0.375. The van der Waals surface area contributed by atoms with Gasteiger partial charge in [-0.25, -0.2) is 4.79 Å². The molecule has 5 nitrogen and oxygen atoms in total. The highest BCUT2D eigenvalue weighted by Gasteiger charge is 2.40. The second-order valence-corrected chi connectivity index (χ2v) is 10.8. The van der Waals surface area contributed by atoms with Crippen LogP contribution in [0.25, 0.3) is 0 Å². The van der Waals surface area contributed by atoms with E-state index in [1.807, 2.05) is 68.1 Å². The Hall–Kier alpha value is -3.44. The van der Waals surface area contributed by atoms with E-state index in [9.17, 15) is 9.59 Å². The number of rotatable bonds is 8. The number of carbonyl (C=O) groups excluding carboxylic acids is 2. The van der Waals surface area contributed by atoms with Crippen LogP contribution < -0.4 is 0 Å². The Labute approximate surface area is 221 Å². The van der Waals surface area contributed by atoms with Crippen molar-refractivity contribution in [2.24, 2.45) is 0 Å². The first-order valence-corrected chi connectivity index (χ1v) is 13.2. The molecular weight excluding hydrogens is 460 g/mol. The van der Waals surface area contributed by atoms with E-state index in [2.05, 4.69) is 53.4 Å². The SMILES string of the molecule is CC(C)(C)OC(=O)N1CCC[C@H](N(Cc2ccccc2)Cc2ccccc2)[C@@H]1CC(=O)c1ccccc1. The lowest BCUT2D eigenvalue weighted by molar-refractivity contribution is -0.0140. The lowest BCUT2D eigenvalue weighted by Gasteiger charge is -2.46. The maximum atomic E-state index is 13.5.